The molecule has 2 amide bonds. The molecule has 2 N–H and O–H groups in total. The molecule has 1 aliphatic heterocycles. The van der Waals surface area contributed by atoms with Crippen molar-refractivity contribution in [2.75, 3.05) is 33.4 Å². The minimum absolute atomic E-state index is 0.185. The van der Waals surface area contributed by atoms with Gasteiger partial charge in [0.15, 0.2) is 0 Å². The van der Waals surface area contributed by atoms with Crippen LogP contribution in [0.1, 0.15) is 16.7 Å². The van der Waals surface area contributed by atoms with Crippen molar-refractivity contribution in [3.05, 3.63) is 65.2 Å². The van der Waals surface area contributed by atoms with Crippen LogP contribution in [0.5, 0.6) is 5.75 Å². The second-order valence-electron chi connectivity index (χ2n) is 6.59. The molecule has 1 saturated heterocycles. The zero-order chi connectivity index (χ0) is 18.9. The van der Waals surface area contributed by atoms with E-state index < -0.39 is 0 Å². The van der Waals surface area contributed by atoms with Crippen LogP contribution in [0.2, 0.25) is 0 Å². The molecule has 1 heterocycles. The van der Waals surface area contributed by atoms with Gasteiger partial charge in [0.2, 0.25) is 0 Å². The van der Waals surface area contributed by atoms with Gasteiger partial charge in [-0.15, -0.1) is 0 Å². The average Bonchev–Trinajstić information content (AvgIpc) is 2.72. The lowest BCUT2D eigenvalue weighted by atomic mass is 10.1. The molecule has 27 heavy (non-hydrogen) atoms. The van der Waals surface area contributed by atoms with Gasteiger partial charge >= 0.3 is 6.03 Å². The summed E-state index contributed by atoms with van der Waals surface area (Å²) in [6, 6.07) is 15.9. The number of benzene rings is 2. The molecule has 0 atom stereocenters. The number of ether oxygens (including phenoxy) is 2. The van der Waals surface area contributed by atoms with Crippen LogP contribution in [0.15, 0.2) is 48.5 Å². The van der Waals surface area contributed by atoms with Gasteiger partial charge in [0.25, 0.3) is 0 Å². The Bertz CT molecular complexity index is 728. The van der Waals surface area contributed by atoms with E-state index >= 15 is 0 Å². The quantitative estimate of drug-likeness (QED) is 0.787. The molecule has 0 aromatic heterocycles. The van der Waals surface area contributed by atoms with Crippen molar-refractivity contribution in [2.45, 2.75) is 19.6 Å². The molecule has 0 bridgehead atoms. The van der Waals surface area contributed by atoms with Gasteiger partial charge in [-0.25, -0.2) is 4.79 Å². The second kappa shape index (κ2) is 9.94. The highest BCUT2D eigenvalue weighted by Gasteiger charge is 2.10. The van der Waals surface area contributed by atoms with Gasteiger partial charge in [-0.05, 0) is 28.8 Å². The van der Waals surface area contributed by atoms with Crippen molar-refractivity contribution in [3.8, 4) is 5.75 Å². The minimum Gasteiger partial charge on any atom is -0.497 e. The lowest BCUT2D eigenvalue weighted by molar-refractivity contribution is 0.0342. The molecule has 0 spiro atoms. The minimum atomic E-state index is -0.185. The first-order valence-electron chi connectivity index (χ1n) is 9.25. The molecule has 0 saturated carbocycles. The number of carbonyl (C=O) groups is 1. The number of urea groups is 1. The van der Waals surface area contributed by atoms with Crippen molar-refractivity contribution in [3.63, 3.8) is 0 Å². The molecule has 0 aliphatic carbocycles. The molecule has 6 heteroatoms. The monoisotopic (exact) mass is 369 g/mol. The third kappa shape index (κ3) is 6.27. The van der Waals surface area contributed by atoms with Crippen LogP contribution in [0.25, 0.3) is 0 Å². The summed E-state index contributed by atoms with van der Waals surface area (Å²) in [5.74, 6) is 0.784. The molecule has 3 rings (SSSR count). The van der Waals surface area contributed by atoms with Gasteiger partial charge in [-0.1, -0.05) is 36.4 Å². The Balaban J connectivity index is 1.40. The van der Waals surface area contributed by atoms with Crippen molar-refractivity contribution in [1.82, 2.24) is 15.5 Å². The van der Waals surface area contributed by atoms with Crippen LogP contribution in [0, 0.1) is 0 Å². The molecule has 144 valence electrons. The Kier molecular flexibility index (Phi) is 7.07. The first-order chi connectivity index (χ1) is 13.2. The molecule has 0 unspecified atom stereocenters. The maximum Gasteiger partial charge on any atom is 0.315 e. The van der Waals surface area contributed by atoms with E-state index in [9.17, 15) is 4.79 Å². The first-order valence-corrected chi connectivity index (χ1v) is 9.25. The summed E-state index contributed by atoms with van der Waals surface area (Å²) in [4.78, 5) is 14.4. The van der Waals surface area contributed by atoms with E-state index in [1.54, 1.807) is 7.11 Å². The second-order valence-corrected chi connectivity index (χ2v) is 6.59. The van der Waals surface area contributed by atoms with Gasteiger partial charge in [0.05, 0.1) is 20.3 Å². The summed E-state index contributed by atoms with van der Waals surface area (Å²) in [7, 11) is 1.63. The van der Waals surface area contributed by atoms with Gasteiger partial charge < -0.3 is 20.1 Å². The topological polar surface area (TPSA) is 62.8 Å². The number of hydrogen-bond donors (Lipinski definition) is 2. The van der Waals surface area contributed by atoms with E-state index in [2.05, 4.69) is 39.8 Å². The lowest BCUT2D eigenvalue weighted by Gasteiger charge is -2.26. The highest BCUT2D eigenvalue weighted by molar-refractivity contribution is 5.73. The van der Waals surface area contributed by atoms with Gasteiger partial charge in [0.1, 0.15) is 5.75 Å². The molecule has 1 aliphatic rings. The van der Waals surface area contributed by atoms with Gasteiger partial charge in [0, 0.05) is 32.7 Å². The van der Waals surface area contributed by atoms with Crippen LogP contribution in [0.3, 0.4) is 0 Å². The van der Waals surface area contributed by atoms with Crippen LogP contribution < -0.4 is 15.4 Å². The number of methoxy groups -OCH3 is 1. The normalized spacial score (nSPS) is 14.6. The van der Waals surface area contributed by atoms with Crippen molar-refractivity contribution < 1.29 is 14.3 Å². The SMILES string of the molecule is COc1cccc(CNC(=O)NCc2ccc(CN3CCOCC3)cc2)c1. The van der Waals surface area contributed by atoms with E-state index in [0.717, 1.165) is 49.7 Å². The standard InChI is InChI=1S/C21H27N3O3/c1-26-20-4-2-3-19(13-20)15-23-21(25)22-14-17-5-7-18(8-6-17)16-24-9-11-27-12-10-24/h2-8,13H,9-12,14-16H2,1H3,(H2,22,23,25). The molecule has 2 aromatic rings. The number of nitrogens with one attached hydrogen (secondary N) is 2. The highest BCUT2D eigenvalue weighted by atomic mass is 16.5. The van der Waals surface area contributed by atoms with E-state index in [1.807, 2.05) is 24.3 Å². The Morgan fingerprint density at radius 3 is 2.37 bits per heavy atom. The fourth-order valence-electron chi connectivity index (χ4n) is 2.99. The summed E-state index contributed by atoms with van der Waals surface area (Å²) < 4.78 is 10.6. The zero-order valence-corrected chi connectivity index (χ0v) is 15.7. The average molecular weight is 369 g/mol. The third-order valence-electron chi connectivity index (χ3n) is 4.57. The molecular formula is C21H27N3O3. The number of hydrogen-bond acceptors (Lipinski definition) is 4. The molecule has 0 radical (unpaired) electrons. The number of rotatable bonds is 7. The molecular weight excluding hydrogens is 342 g/mol. The smallest absolute Gasteiger partial charge is 0.315 e. The lowest BCUT2D eigenvalue weighted by Crippen LogP contribution is -2.35. The Labute approximate surface area is 160 Å². The summed E-state index contributed by atoms with van der Waals surface area (Å²) in [6.07, 6.45) is 0. The highest BCUT2D eigenvalue weighted by Crippen LogP contribution is 2.12. The fraction of sp³-hybridized carbons (Fsp3) is 0.381. The number of nitrogens with zero attached hydrogens (tertiary/aromatic N) is 1. The van der Waals surface area contributed by atoms with Gasteiger partial charge in [-0.3, -0.25) is 4.90 Å². The Morgan fingerprint density at radius 2 is 1.67 bits per heavy atom. The van der Waals surface area contributed by atoms with Crippen LogP contribution >= 0.6 is 0 Å². The van der Waals surface area contributed by atoms with Crippen LogP contribution in [-0.4, -0.2) is 44.3 Å². The van der Waals surface area contributed by atoms with E-state index in [1.165, 1.54) is 5.56 Å². The van der Waals surface area contributed by atoms with Crippen LogP contribution in [-0.2, 0) is 24.4 Å². The fourth-order valence-corrected chi connectivity index (χ4v) is 2.99. The Hall–Kier alpha value is -2.57. The Morgan fingerprint density at radius 1 is 1.00 bits per heavy atom. The number of morpholine rings is 1. The third-order valence-corrected chi connectivity index (χ3v) is 4.57. The largest absolute Gasteiger partial charge is 0.497 e. The summed E-state index contributed by atoms with van der Waals surface area (Å²) in [5, 5.41) is 5.75. The summed E-state index contributed by atoms with van der Waals surface area (Å²) >= 11 is 0. The van der Waals surface area contributed by atoms with Gasteiger partial charge in [-0.2, -0.15) is 0 Å². The maximum atomic E-state index is 12.0. The van der Waals surface area contributed by atoms with Crippen LogP contribution in [0.4, 0.5) is 4.79 Å². The van der Waals surface area contributed by atoms with E-state index in [4.69, 9.17) is 9.47 Å². The number of carbonyl (C=O) groups excluding carboxylic acids is 1. The van der Waals surface area contributed by atoms with Crippen molar-refractivity contribution in [1.29, 1.82) is 0 Å². The van der Waals surface area contributed by atoms with E-state index in [0.29, 0.717) is 13.1 Å². The first kappa shape index (κ1) is 19.2. The van der Waals surface area contributed by atoms with Crippen molar-refractivity contribution in [2.24, 2.45) is 0 Å². The summed E-state index contributed by atoms with van der Waals surface area (Å²) in [6.45, 7) is 5.49. The maximum absolute atomic E-state index is 12.0. The predicted octanol–water partition coefficient (Wildman–Crippen LogP) is 2.53. The predicted molar refractivity (Wildman–Crippen MR) is 105 cm³/mol. The molecule has 1 fully saturated rings. The molecule has 2 aromatic carbocycles. The summed E-state index contributed by atoms with van der Waals surface area (Å²) in [5.41, 5.74) is 3.36. The zero-order valence-electron chi connectivity index (χ0n) is 15.7. The number of amides is 2. The molecule has 6 nitrogen and oxygen atoms in total. The van der Waals surface area contributed by atoms with E-state index in [-0.39, 0.29) is 6.03 Å². The van der Waals surface area contributed by atoms with Crippen molar-refractivity contribution >= 4 is 6.03 Å².